The Bertz CT molecular complexity index is 587. The molecule has 0 spiro atoms. The van der Waals surface area contributed by atoms with Crippen molar-refractivity contribution in [2.24, 2.45) is 5.73 Å². The van der Waals surface area contributed by atoms with E-state index < -0.39 is 0 Å². The molecule has 1 heterocycles. The van der Waals surface area contributed by atoms with Gasteiger partial charge in [-0.25, -0.2) is 0 Å². The van der Waals surface area contributed by atoms with Crippen molar-refractivity contribution in [2.45, 2.75) is 15.6 Å². The van der Waals surface area contributed by atoms with Gasteiger partial charge in [0.25, 0.3) is 0 Å². The average molecular weight is 341 g/mol. The summed E-state index contributed by atoms with van der Waals surface area (Å²) in [5.74, 6) is 1.55. The van der Waals surface area contributed by atoms with Crippen LogP contribution in [0.3, 0.4) is 0 Å². The molecule has 0 saturated carbocycles. The second-order valence-electron chi connectivity index (χ2n) is 4.10. The van der Waals surface area contributed by atoms with E-state index in [4.69, 9.17) is 10.5 Å². The predicted molar refractivity (Wildman–Crippen MR) is 87.2 cm³/mol. The minimum Gasteiger partial charge on any atom is -0.493 e. The molecule has 5 nitrogen and oxygen atoms in total. The van der Waals surface area contributed by atoms with Crippen LogP contribution in [-0.2, 0) is 4.79 Å². The standard InChI is InChI=1S/C13H15N3O2S3/c1-9-2-4-10(5-3-9)18-6-7-19-12-15-16-13(21-12)20-8-11(14)17/h2-5H,6-8H2,1H3,(H2,14,17). The molecule has 1 aromatic carbocycles. The molecule has 0 saturated heterocycles. The van der Waals surface area contributed by atoms with Crippen LogP contribution in [0.4, 0.5) is 0 Å². The molecule has 2 rings (SSSR count). The summed E-state index contributed by atoms with van der Waals surface area (Å²) in [6.07, 6.45) is 0. The molecular weight excluding hydrogens is 326 g/mol. The number of nitrogens with zero attached hydrogens (tertiary/aromatic N) is 2. The van der Waals surface area contributed by atoms with Gasteiger partial charge in [0.15, 0.2) is 8.68 Å². The first kappa shape index (κ1) is 16.1. The van der Waals surface area contributed by atoms with Crippen LogP contribution in [-0.4, -0.2) is 34.2 Å². The van der Waals surface area contributed by atoms with Gasteiger partial charge < -0.3 is 10.5 Å². The van der Waals surface area contributed by atoms with Crippen LogP contribution in [0.15, 0.2) is 32.9 Å². The number of benzene rings is 1. The van der Waals surface area contributed by atoms with Gasteiger partial charge in [-0.15, -0.1) is 10.2 Å². The smallest absolute Gasteiger partial charge is 0.227 e. The molecule has 0 bridgehead atoms. The first-order valence-electron chi connectivity index (χ1n) is 6.20. The minimum absolute atomic E-state index is 0.232. The van der Waals surface area contributed by atoms with Crippen LogP contribution in [0.25, 0.3) is 0 Å². The monoisotopic (exact) mass is 341 g/mol. The number of amides is 1. The van der Waals surface area contributed by atoms with Gasteiger partial charge in [0.1, 0.15) is 5.75 Å². The summed E-state index contributed by atoms with van der Waals surface area (Å²) in [6.45, 7) is 2.65. The van der Waals surface area contributed by atoms with Gasteiger partial charge in [0, 0.05) is 5.75 Å². The highest BCUT2D eigenvalue weighted by Crippen LogP contribution is 2.28. The molecule has 8 heteroatoms. The van der Waals surface area contributed by atoms with Crippen molar-refractivity contribution in [2.75, 3.05) is 18.1 Å². The van der Waals surface area contributed by atoms with Gasteiger partial charge >= 0.3 is 0 Å². The summed E-state index contributed by atoms with van der Waals surface area (Å²) in [7, 11) is 0. The molecule has 112 valence electrons. The van der Waals surface area contributed by atoms with E-state index in [0.717, 1.165) is 20.2 Å². The summed E-state index contributed by atoms with van der Waals surface area (Å²) in [5, 5.41) is 8.05. The van der Waals surface area contributed by atoms with E-state index >= 15 is 0 Å². The Morgan fingerprint density at radius 1 is 1.24 bits per heavy atom. The fraction of sp³-hybridized carbons (Fsp3) is 0.308. The number of aromatic nitrogens is 2. The Morgan fingerprint density at radius 2 is 1.90 bits per heavy atom. The SMILES string of the molecule is Cc1ccc(OCCSc2nnc(SCC(N)=O)s2)cc1. The molecule has 21 heavy (non-hydrogen) atoms. The van der Waals surface area contributed by atoms with Crippen molar-refractivity contribution in [1.29, 1.82) is 0 Å². The normalized spacial score (nSPS) is 10.5. The third kappa shape index (κ3) is 5.94. The van der Waals surface area contributed by atoms with Crippen molar-refractivity contribution in [3.8, 4) is 5.75 Å². The topological polar surface area (TPSA) is 78.1 Å². The summed E-state index contributed by atoms with van der Waals surface area (Å²) in [5.41, 5.74) is 6.30. The van der Waals surface area contributed by atoms with Gasteiger partial charge in [-0.2, -0.15) is 0 Å². The highest BCUT2D eigenvalue weighted by molar-refractivity contribution is 8.03. The summed E-state index contributed by atoms with van der Waals surface area (Å²) in [6, 6.07) is 7.97. The van der Waals surface area contributed by atoms with E-state index in [-0.39, 0.29) is 11.7 Å². The molecule has 0 radical (unpaired) electrons. The number of ether oxygens (including phenoxy) is 1. The van der Waals surface area contributed by atoms with E-state index in [1.54, 1.807) is 11.8 Å². The average Bonchev–Trinajstić information content (AvgIpc) is 2.91. The maximum absolute atomic E-state index is 10.7. The number of hydrogen-bond donors (Lipinski definition) is 1. The number of carbonyl (C=O) groups excluding carboxylic acids is 1. The molecule has 0 aliphatic rings. The highest BCUT2D eigenvalue weighted by Gasteiger charge is 2.06. The molecule has 0 aliphatic carbocycles. The number of thioether (sulfide) groups is 2. The molecule has 0 fully saturated rings. The van der Waals surface area contributed by atoms with Crippen LogP contribution in [0.1, 0.15) is 5.56 Å². The number of rotatable bonds is 8. The molecular formula is C13H15N3O2S3. The number of aryl methyl sites for hydroxylation is 1. The minimum atomic E-state index is -0.351. The molecule has 0 aliphatic heterocycles. The van der Waals surface area contributed by atoms with Crippen molar-refractivity contribution in [1.82, 2.24) is 10.2 Å². The van der Waals surface area contributed by atoms with Crippen LogP contribution < -0.4 is 10.5 Å². The number of carbonyl (C=O) groups is 1. The lowest BCUT2D eigenvalue weighted by molar-refractivity contribution is -0.115. The molecule has 0 atom stereocenters. The molecule has 1 amide bonds. The fourth-order valence-electron chi connectivity index (χ4n) is 1.37. The maximum Gasteiger partial charge on any atom is 0.227 e. The zero-order valence-corrected chi connectivity index (χ0v) is 13.9. The fourth-order valence-corrected chi connectivity index (χ4v) is 4.02. The van der Waals surface area contributed by atoms with E-state index in [9.17, 15) is 4.79 Å². The van der Waals surface area contributed by atoms with Crippen LogP contribution in [0.2, 0.25) is 0 Å². The molecule has 2 N–H and O–H groups in total. The first-order chi connectivity index (χ1) is 10.1. The third-order valence-corrected chi connectivity index (χ3v) is 5.50. The lowest BCUT2D eigenvalue weighted by Crippen LogP contribution is -2.12. The van der Waals surface area contributed by atoms with Gasteiger partial charge in [-0.1, -0.05) is 52.6 Å². The Morgan fingerprint density at radius 3 is 2.57 bits per heavy atom. The second kappa shape index (κ2) is 8.26. The zero-order chi connectivity index (χ0) is 15.1. The Labute approximate surface area is 135 Å². The van der Waals surface area contributed by atoms with Crippen molar-refractivity contribution < 1.29 is 9.53 Å². The number of primary amides is 1. The molecule has 1 aromatic heterocycles. The van der Waals surface area contributed by atoms with E-state index in [1.165, 1.54) is 28.7 Å². The number of hydrogen-bond acceptors (Lipinski definition) is 7. The lowest BCUT2D eigenvalue weighted by atomic mass is 10.2. The third-order valence-electron chi connectivity index (χ3n) is 2.32. The molecule has 0 unspecified atom stereocenters. The molecule has 2 aromatic rings. The summed E-state index contributed by atoms with van der Waals surface area (Å²) >= 11 is 4.36. The van der Waals surface area contributed by atoms with E-state index in [0.29, 0.717) is 6.61 Å². The van der Waals surface area contributed by atoms with Crippen molar-refractivity contribution in [3.63, 3.8) is 0 Å². The van der Waals surface area contributed by atoms with Crippen LogP contribution >= 0.6 is 34.9 Å². The van der Waals surface area contributed by atoms with Gasteiger partial charge in [-0.3, -0.25) is 4.79 Å². The first-order valence-corrected chi connectivity index (χ1v) is 8.99. The van der Waals surface area contributed by atoms with Crippen LogP contribution in [0, 0.1) is 6.92 Å². The predicted octanol–water partition coefficient (Wildman–Crippen LogP) is 2.60. The van der Waals surface area contributed by atoms with E-state index in [2.05, 4.69) is 10.2 Å². The largest absolute Gasteiger partial charge is 0.493 e. The van der Waals surface area contributed by atoms with Gasteiger partial charge in [0.05, 0.1) is 12.4 Å². The van der Waals surface area contributed by atoms with Gasteiger partial charge in [-0.05, 0) is 19.1 Å². The van der Waals surface area contributed by atoms with Crippen molar-refractivity contribution in [3.05, 3.63) is 29.8 Å². The zero-order valence-electron chi connectivity index (χ0n) is 11.4. The van der Waals surface area contributed by atoms with Crippen molar-refractivity contribution >= 4 is 40.8 Å². The quantitative estimate of drug-likeness (QED) is 0.587. The Kier molecular flexibility index (Phi) is 6.34. The Hall–Kier alpha value is -1.25. The lowest BCUT2D eigenvalue weighted by Gasteiger charge is -2.04. The Balaban J connectivity index is 1.68. The maximum atomic E-state index is 10.7. The number of nitrogens with two attached hydrogens (primary N) is 1. The van der Waals surface area contributed by atoms with Gasteiger partial charge in [0.2, 0.25) is 5.91 Å². The second-order valence-corrected chi connectivity index (χ2v) is 7.64. The summed E-state index contributed by atoms with van der Waals surface area (Å²) < 4.78 is 7.27. The van der Waals surface area contributed by atoms with Crippen LogP contribution in [0.5, 0.6) is 5.75 Å². The highest BCUT2D eigenvalue weighted by atomic mass is 32.2. The van der Waals surface area contributed by atoms with E-state index in [1.807, 2.05) is 31.2 Å². The summed E-state index contributed by atoms with van der Waals surface area (Å²) in [4.78, 5) is 10.7.